The molecule has 5 heteroatoms. The van der Waals surface area contributed by atoms with E-state index in [9.17, 15) is 9.59 Å². The van der Waals surface area contributed by atoms with Crippen LogP contribution in [0.3, 0.4) is 0 Å². The quantitative estimate of drug-likeness (QED) is 0.400. The van der Waals surface area contributed by atoms with Crippen molar-refractivity contribution in [3.05, 3.63) is 12.2 Å². The molecular weight excluding hydrogens is 224 g/mol. The fourth-order valence-corrected chi connectivity index (χ4v) is 3.06. The molecule has 0 saturated carbocycles. The Labute approximate surface area is 98.7 Å². The molecule has 0 amide bonds. The minimum absolute atomic E-state index is 0.173. The summed E-state index contributed by atoms with van der Waals surface area (Å²) in [5, 5.41) is 0. The van der Waals surface area contributed by atoms with Gasteiger partial charge in [-0.3, -0.25) is 4.79 Å². The maximum Gasteiger partial charge on any atom is 0.307 e. The molecule has 3 aliphatic rings. The Bertz CT molecular complexity index is 382. The van der Waals surface area contributed by atoms with Gasteiger partial charge < -0.3 is 19.0 Å². The monoisotopic (exact) mass is 238 g/mol. The van der Waals surface area contributed by atoms with Crippen molar-refractivity contribution < 1.29 is 23.8 Å². The standard InChI is InChI=1S/C12H14O5/c13-4-3-11-7-9(17-10(14)8-11)1-2-12(11)15-5-6-16-12/h1-2,4,9H,3,5-8H2/t9?,11-/m0/s1. The SMILES string of the molecule is O=CC[C@]12CC(=O)OC(C=CC13OCCO3)C2. The van der Waals surface area contributed by atoms with E-state index in [2.05, 4.69) is 0 Å². The smallest absolute Gasteiger partial charge is 0.307 e. The second-order valence-corrected chi connectivity index (χ2v) is 4.78. The van der Waals surface area contributed by atoms with Gasteiger partial charge >= 0.3 is 5.97 Å². The zero-order valence-corrected chi connectivity index (χ0v) is 9.39. The van der Waals surface area contributed by atoms with Crippen LogP contribution in [-0.2, 0) is 23.8 Å². The molecule has 3 rings (SSSR count). The van der Waals surface area contributed by atoms with Gasteiger partial charge in [-0.25, -0.2) is 0 Å². The molecule has 0 aromatic heterocycles. The van der Waals surface area contributed by atoms with E-state index >= 15 is 0 Å². The third kappa shape index (κ3) is 1.46. The molecule has 1 unspecified atom stereocenters. The summed E-state index contributed by atoms with van der Waals surface area (Å²) >= 11 is 0. The van der Waals surface area contributed by atoms with Crippen molar-refractivity contribution in [3.8, 4) is 0 Å². The summed E-state index contributed by atoms with van der Waals surface area (Å²) in [4.78, 5) is 22.5. The Hall–Kier alpha value is -1.20. The predicted molar refractivity (Wildman–Crippen MR) is 56.0 cm³/mol. The molecule has 0 radical (unpaired) electrons. The first-order valence-electron chi connectivity index (χ1n) is 5.80. The molecule has 2 atom stereocenters. The number of aldehydes is 1. The van der Waals surface area contributed by atoms with Crippen LogP contribution >= 0.6 is 0 Å². The van der Waals surface area contributed by atoms with Gasteiger partial charge in [0.2, 0.25) is 0 Å². The van der Waals surface area contributed by atoms with Crippen molar-refractivity contribution in [3.63, 3.8) is 0 Å². The lowest BCUT2D eigenvalue weighted by Crippen LogP contribution is -2.56. The highest BCUT2D eigenvalue weighted by molar-refractivity contribution is 5.73. The van der Waals surface area contributed by atoms with Crippen LogP contribution in [0.4, 0.5) is 0 Å². The molecule has 92 valence electrons. The van der Waals surface area contributed by atoms with Crippen molar-refractivity contribution in [2.75, 3.05) is 13.2 Å². The molecule has 2 fully saturated rings. The summed E-state index contributed by atoms with van der Waals surface area (Å²) in [6.07, 6.45) is 5.20. The van der Waals surface area contributed by atoms with Gasteiger partial charge in [0.15, 0.2) is 5.79 Å². The molecule has 2 bridgehead atoms. The van der Waals surface area contributed by atoms with Crippen molar-refractivity contribution >= 4 is 12.3 Å². The van der Waals surface area contributed by atoms with Gasteiger partial charge in [-0.2, -0.15) is 0 Å². The third-order valence-electron chi connectivity index (χ3n) is 3.82. The molecule has 0 aromatic carbocycles. The van der Waals surface area contributed by atoms with Gasteiger partial charge in [-0.05, 0) is 12.2 Å². The maximum absolute atomic E-state index is 11.6. The Kier molecular flexibility index (Phi) is 2.34. The van der Waals surface area contributed by atoms with Gasteiger partial charge in [0, 0.05) is 18.3 Å². The zero-order chi connectivity index (χ0) is 11.9. The molecule has 0 aromatic rings. The van der Waals surface area contributed by atoms with Gasteiger partial charge in [0.1, 0.15) is 12.4 Å². The largest absolute Gasteiger partial charge is 0.458 e. The van der Waals surface area contributed by atoms with Crippen LogP contribution in [0.5, 0.6) is 0 Å². The van der Waals surface area contributed by atoms with Crippen LogP contribution < -0.4 is 0 Å². The summed E-state index contributed by atoms with van der Waals surface area (Å²) in [6, 6.07) is 0. The van der Waals surface area contributed by atoms with Crippen LogP contribution in [0.15, 0.2) is 12.2 Å². The first kappa shape index (κ1) is 10.9. The summed E-state index contributed by atoms with van der Waals surface area (Å²) in [7, 11) is 0. The van der Waals surface area contributed by atoms with Gasteiger partial charge in [-0.15, -0.1) is 0 Å². The maximum atomic E-state index is 11.6. The summed E-state index contributed by atoms with van der Waals surface area (Å²) in [5.74, 6) is -1.20. The second kappa shape index (κ2) is 3.65. The van der Waals surface area contributed by atoms with Crippen LogP contribution in [0.1, 0.15) is 19.3 Å². The average molecular weight is 238 g/mol. The Morgan fingerprint density at radius 3 is 2.88 bits per heavy atom. The van der Waals surface area contributed by atoms with Crippen molar-refractivity contribution in [2.45, 2.75) is 31.2 Å². The Morgan fingerprint density at radius 1 is 1.41 bits per heavy atom. The van der Waals surface area contributed by atoms with Crippen LogP contribution in [0.25, 0.3) is 0 Å². The molecule has 17 heavy (non-hydrogen) atoms. The first-order valence-corrected chi connectivity index (χ1v) is 5.80. The number of rotatable bonds is 2. The molecule has 1 aliphatic carbocycles. The van der Waals surface area contributed by atoms with E-state index < -0.39 is 11.2 Å². The van der Waals surface area contributed by atoms with E-state index in [0.717, 1.165) is 6.29 Å². The van der Waals surface area contributed by atoms with E-state index in [4.69, 9.17) is 14.2 Å². The lowest BCUT2D eigenvalue weighted by molar-refractivity contribution is -0.236. The van der Waals surface area contributed by atoms with Crippen molar-refractivity contribution in [1.29, 1.82) is 0 Å². The topological polar surface area (TPSA) is 61.8 Å². The summed E-state index contributed by atoms with van der Waals surface area (Å²) < 4.78 is 16.6. The number of ether oxygens (including phenoxy) is 3. The summed E-state index contributed by atoms with van der Waals surface area (Å²) in [5.41, 5.74) is -0.597. The molecule has 1 spiro atoms. The molecule has 2 heterocycles. The number of hydrogen-bond acceptors (Lipinski definition) is 5. The highest BCUT2D eigenvalue weighted by atomic mass is 16.7. The molecule has 2 saturated heterocycles. The number of carbonyl (C=O) groups excluding carboxylic acids is 2. The van der Waals surface area contributed by atoms with E-state index in [-0.39, 0.29) is 24.9 Å². The average Bonchev–Trinajstić information content (AvgIpc) is 2.74. The van der Waals surface area contributed by atoms with E-state index in [0.29, 0.717) is 19.6 Å². The third-order valence-corrected chi connectivity index (χ3v) is 3.82. The van der Waals surface area contributed by atoms with Crippen LogP contribution in [0.2, 0.25) is 0 Å². The number of carbonyl (C=O) groups is 2. The molecule has 2 aliphatic heterocycles. The van der Waals surface area contributed by atoms with Gasteiger partial charge in [0.25, 0.3) is 0 Å². The van der Waals surface area contributed by atoms with Crippen molar-refractivity contribution in [1.82, 2.24) is 0 Å². The van der Waals surface area contributed by atoms with Crippen molar-refractivity contribution in [2.24, 2.45) is 5.41 Å². The van der Waals surface area contributed by atoms with Gasteiger partial charge in [0.05, 0.1) is 19.6 Å². The minimum Gasteiger partial charge on any atom is -0.458 e. The van der Waals surface area contributed by atoms with E-state index in [1.165, 1.54) is 0 Å². The van der Waals surface area contributed by atoms with E-state index in [1.54, 1.807) is 6.08 Å². The lowest BCUT2D eigenvalue weighted by Gasteiger charge is -2.50. The molecule has 5 nitrogen and oxygen atoms in total. The van der Waals surface area contributed by atoms with Crippen LogP contribution in [-0.4, -0.2) is 37.4 Å². The predicted octanol–water partition coefficient (Wildman–Crippen LogP) is 0.580. The molecular formula is C12H14O5. The van der Waals surface area contributed by atoms with Gasteiger partial charge in [-0.1, -0.05) is 0 Å². The first-order chi connectivity index (χ1) is 8.20. The highest BCUT2D eigenvalue weighted by Gasteiger charge is 2.60. The number of fused-ring (bicyclic) bond motifs is 3. The Balaban J connectivity index is 2.04. The lowest BCUT2D eigenvalue weighted by atomic mass is 9.66. The Morgan fingerprint density at radius 2 is 2.18 bits per heavy atom. The summed E-state index contributed by atoms with van der Waals surface area (Å²) in [6.45, 7) is 0.981. The van der Waals surface area contributed by atoms with E-state index in [1.807, 2.05) is 6.08 Å². The fourth-order valence-electron chi connectivity index (χ4n) is 3.06. The minimum atomic E-state index is -0.913. The zero-order valence-electron chi connectivity index (χ0n) is 9.39. The molecule has 0 N–H and O–H groups in total. The van der Waals surface area contributed by atoms with Crippen LogP contribution in [0, 0.1) is 5.41 Å². The number of esters is 1. The normalized spacial score (nSPS) is 38.1. The fraction of sp³-hybridized carbons (Fsp3) is 0.667. The number of hydrogen-bond donors (Lipinski definition) is 0. The highest BCUT2D eigenvalue weighted by Crippen LogP contribution is 2.53. The second-order valence-electron chi connectivity index (χ2n) is 4.78.